The van der Waals surface area contributed by atoms with Crippen molar-refractivity contribution in [1.82, 2.24) is 4.90 Å². The molecule has 0 fully saturated rings. The second-order valence-corrected chi connectivity index (χ2v) is 4.25. The first-order valence-electron chi connectivity index (χ1n) is 5.35. The van der Waals surface area contributed by atoms with Crippen LogP contribution in [0.3, 0.4) is 0 Å². The predicted octanol–water partition coefficient (Wildman–Crippen LogP) is 1.07. The minimum Gasteiger partial charge on any atom is -0.395 e. The molecule has 0 aliphatic heterocycles. The molecule has 0 bridgehead atoms. The normalized spacial score (nSPS) is 10.2. The topological polar surface area (TPSA) is 76.4 Å². The van der Waals surface area contributed by atoms with Gasteiger partial charge in [0.2, 0.25) is 5.91 Å². The van der Waals surface area contributed by atoms with Crippen molar-refractivity contribution in [3.8, 4) is 6.07 Å². The number of nitrogens with zero attached hydrogens (tertiary/aromatic N) is 2. The minimum atomic E-state index is -0.260. The van der Waals surface area contributed by atoms with Crippen LogP contribution in [-0.2, 0) is 4.79 Å². The molecule has 0 aliphatic carbocycles. The molecule has 0 spiro atoms. The van der Waals surface area contributed by atoms with Gasteiger partial charge in [0.1, 0.15) is 6.07 Å². The standard InChI is InChI=1S/C12H14ClN3O2/c1-16(4-5-17)8-12(18)15-11-6-10(13)3-2-9(11)7-14/h2-3,6,17H,4-5,8H2,1H3,(H,15,18). The molecule has 1 amide bonds. The van der Waals surface area contributed by atoms with Crippen LogP contribution < -0.4 is 5.32 Å². The van der Waals surface area contributed by atoms with E-state index in [2.05, 4.69) is 5.32 Å². The zero-order valence-corrected chi connectivity index (χ0v) is 10.7. The summed E-state index contributed by atoms with van der Waals surface area (Å²) in [5.74, 6) is -0.260. The summed E-state index contributed by atoms with van der Waals surface area (Å²) in [5, 5.41) is 20.7. The SMILES string of the molecule is CN(CCO)CC(=O)Nc1cc(Cl)ccc1C#N. The number of aliphatic hydroxyl groups excluding tert-OH is 1. The van der Waals surface area contributed by atoms with Gasteiger partial charge in [-0.15, -0.1) is 0 Å². The van der Waals surface area contributed by atoms with E-state index in [0.29, 0.717) is 22.8 Å². The Morgan fingerprint density at radius 1 is 1.61 bits per heavy atom. The lowest BCUT2D eigenvalue weighted by Crippen LogP contribution is -2.32. The fourth-order valence-electron chi connectivity index (χ4n) is 1.40. The van der Waals surface area contributed by atoms with Crippen LogP contribution in [0.25, 0.3) is 0 Å². The Bertz CT molecular complexity index is 471. The number of carbonyl (C=O) groups excluding carboxylic acids is 1. The number of hydrogen-bond donors (Lipinski definition) is 2. The van der Waals surface area contributed by atoms with E-state index in [4.69, 9.17) is 22.0 Å². The summed E-state index contributed by atoms with van der Waals surface area (Å²) in [4.78, 5) is 13.4. The van der Waals surface area contributed by atoms with Gasteiger partial charge >= 0.3 is 0 Å². The van der Waals surface area contributed by atoms with Crippen molar-refractivity contribution in [3.05, 3.63) is 28.8 Å². The number of amides is 1. The van der Waals surface area contributed by atoms with Gasteiger partial charge < -0.3 is 10.4 Å². The molecule has 0 aliphatic rings. The largest absolute Gasteiger partial charge is 0.395 e. The van der Waals surface area contributed by atoms with Crippen LogP contribution in [0.2, 0.25) is 5.02 Å². The van der Waals surface area contributed by atoms with Gasteiger partial charge in [0.25, 0.3) is 0 Å². The number of benzene rings is 1. The maximum absolute atomic E-state index is 11.7. The molecule has 6 heteroatoms. The monoisotopic (exact) mass is 267 g/mol. The first-order valence-corrected chi connectivity index (χ1v) is 5.73. The van der Waals surface area contributed by atoms with Crippen LogP contribution in [0.15, 0.2) is 18.2 Å². The number of anilines is 1. The molecular weight excluding hydrogens is 254 g/mol. The van der Waals surface area contributed by atoms with Crippen molar-refractivity contribution < 1.29 is 9.90 Å². The number of rotatable bonds is 5. The summed E-state index contributed by atoms with van der Waals surface area (Å²) in [6, 6.07) is 6.65. The van der Waals surface area contributed by atoms with Gasteiger partial charge in [-0.2, -0.15) is 5.26 Å². The molecule has 1 rings (SSSR count). The highest BCUT2D eigenvalue weighted by Crippen LogP contribution is 2.20. The fraction of sp³-hybridized carbons (Fsp3) is 0.333. The van der Waals surface area contributed by atoms with Crippen LogP contribution in [-0.4, -0.2) is 42.7 Å². The van der Waals surface area contributed by atoms with Crippen molar-refractivity contribution >= 4 is 23.2 Å². The number of nitrogens with one attached hydrogen (secondary N) is 1. The third kappa shape index (κ3) is 4.34. The van der Waals surface area contributed by atoms with E-state index in [-0.39, 0.29) is 19.1 Å². The second-order valence-electron chi connectivity index (χ2n) is 3.81. The lowest BCUT2D eigenvalue weighted by atomic mass is 10.2. The highest BCUT2D eigenvalue weighted by molar-refractivity contribution is 6.31. The Labute approximate surface area is 111 Å². The molecule has 0 aromatic heterocycles. The van der Waals surface area contributed by atoms with Crippen molar-refractivity contribution in [3.63, 3.8) is 0 Å². The molecule has 2 N–H and O–H groups in total. The number of halogens is 1. The Kier molecular flexibility index (Phi) is 5.59. The number of hydrogen-bond acceptors (Lipinski definition) is 4. The third-order valence-corrected chi connectivity index (χ3v) is 2.51. The molecule has 1 aromatic carbocycles. The predicted molar refractivity (Wildman–Crippen MR) is 69.4 cm³/mol. The second kappa shape index (κ2) is 6.97. The van der Waals surface area contributed by atoms with Gasteiger partial charge in [0.15, 0.2) is 0 Å². The summed E-state index contributed by atoms with van der Waals surface area (Å²) < 4.78 is 0. The van der Waals surface area contributed by atoms with Gasteiger partial charge in [0, 0.05) is 11.6 Å². The van der Waals surface area contributed by atoms with Crippen LogP contribution in [0.1, 0.15) is 5.56 Å². The van der Waals surface area contributed by atoms with E-state index in [1.54, 1.807) is 24.1 Å². The van der Waals surface area contributed by atoms with Gasteiger partial charge in [-0.25, -0.2) is 0 Å². The summed E-state index contributed by atoms with van der Waals surface area (Å²) in [5.41, 5.74) is 0.755. The zero-order valence-electron chi connectivity index (χ0n) is 9.98. The van der Waals surface area contributed by atoms with Gasteiger partial charge in [-0.1, -0.05) is 11.6 Å². The molecule has 5 nitrogen and oxygen atoms in total. The van der Waals surface area contributed by atoms with E-state index in [9.17, 15) is 4.79 Å². The quantitative estimate of drug-likeness (QED) is 0.837. The van der Waals surface area contributed by atoms with E-state index in [0.717, 1.165) is 0 Å². The molecule has 0 saturated heterocycles. The number of aliphatic hydroxyl groups is 1. The Balaban J connectivity index is 2.70. The van der Waals surface area contributed by atoms with Crippen molar-refractivity contribution in [2.75, 3.05) is 32.1 Å². The lowest BCUT2D eigenvalue weighted by molar-refractivity contribution is -0.117. The molecule has 0 saturated carbocycles. The summed E-state index contributed by atoms with van der Waals surface area (Å²) in [6.07, 6.45) is 0. The van der Waals surface area contributed by atoms with Crippen LogP contribution in [0.5, 0.6) is 0 Å². The molecular formula is C12H14ClN3O2. The van der Waals surface area contributed by atoms with Gasteiger partial charge in [-0.3, -0.25) is 9.69 Å². The van der Waals surface area contributed by atoms with Crippen LogP contribution >= 0.6 is 11.6 Å². The summed E-state index contributed by atoms with van der Waals surface area (Å²) in [6.45, 7) is 0.538. The summed E-state index contributed by atoms with van der Waals surface area (Å²) >= 11 is 5.81. The molecule has 18 heavy (non-hydrogen) atoms. The van der Waals surface area contributed by atoms with Gasteiger partial charge in [0.05, 0.1) is 24.4 Å². The molecule has 0 radical (unpaired) electrons. The van der Waals surface area contributed by atoms with E-state index in [1.165, 1.54) is 6.07 Å². The van der Waals surface area contributed by atoms with Crippen molar-refractivity contribution in [2.45, 2.75) is 0 Å². The fourth-order valence-corrected chi connectivity index (χ4v) is 1.57. The zero-order chi connectivity index (χ0) is 13.5. The maximum atomic E-state index is 11.7. The smallest absolute Gasteiger partial charge is 0.238 e. The molecule has 0 atom stereocenters. The van der Waals surface area contributed by atoms with Crippen LogP contribution in [0, 0.1) is 11.3 Å². The van der Waals surface area contributed by atoms with E-state index in [1.807, 2.05) is 6.07 Å². The van der Waals surface area contributed by atoms with E-state index >= 15 is 0 Å². The number of likely N-dealkylation sites (N-methyl/N-ethyl adjacent to an activating group) is 1. The number of carbonyl (C=O) groups is 1. The molecule has 0 unspecified atom stereocenters. The maximum Gasteiger partial charge on any atom is 0.238 e. The minimum absolute atomic E-state index is 0.00953. The van der Waals surface area contributed by atoms with E-state index < -0.39 is 0 Å². The van der Waals surface area contributed by atoms with Crippen molar-refractivity contribution in [1.29, 1.82) is 5.26 Å². The first-order chi connectivity index (χ1) is 8.56. The summed E-state index contributed by atoms with van der Waals surface area (Å²) in [7, 11) is 1.72. The Morgan fingerprint density at radius 3 is 2.94 bits per heavy atom. The highest BCUT2D eigenvalue weighted by Gasteiger charge is 2.09. The molecule has 0 heterocycles. The third-order valence-electron chi connectivity index (χ3n) is 2.27. The average molecular weight is 268 g/mol. The average Bonchev–Trinajstić information content (AvgIpc) is 2.29. The Hall–Kier alpha value is -1.61. The number of nitriles is 1. The first kappa shape index (κ1) is 14.5. The van der Waals surface area contributed by atoms with Crippen molar-refractivity contribution in [2.24, 2.45) is 0 Å². The Morgan fingerprint density at radius 2 is 2.33 bits per heavy atom. The highest BCUT2D eigenvalue weighted by atomic mass is 35.5. The van der Waals surface area contributed by atoms with Crippen LogP contribution in [0.4, 0.5) is 5.69 Å². The molecule has 96 valence electrons. The molecule has 1 aromatic rings. The van der Waals surface area contributed by atoms with Gasteiger partial charge in [-0.05, 0) is 25.2 Å². The lowest BCUT2D eigenvalue weighted by Gasteiger charge is -2.15.